The topological polar surface area (TPSA) is 55.8 Å². The van der Waals surface area contributed by atoms with E-state index in [9.17, 15) is 4.79 Å². The highest BCUT2D eigenvalue weighted by molar-refractivity contribution is 5.78. The van der Waals surface area contributed by atoms with Crippen LogP contribution >= 0.6 is 0 Å². The van der Waals surface area contributed by atoms with E-state index >= 15 is 0 Å². The van der Waals surface area contributed by atoms with Crippen molar-refractivity contribution in [1.82, 2.24) is 0 Å². The molecule has 0 aromatic carbocycles. The molecule has 14 heavy (non-hydrogen) atoms. The molecule has 0 amide bonds. The van der Waals surface area contributed by atoms with Crippen LogP contribution in [0.4, 0.5) is 0 Å². The van der Waals surface area contributed by atoms with Gasteiger partial charge in [0.2, 0.25) is 0 Å². The van der Waals surface area contributed by atoms with Gasteiger partial charge in [0.05, 0.1) is 0 Å². The van der Waals surface area contributed by atoms with Gasteiger partial charge in [0.15, 0.2) is 6.29 Å². The molecule has 4 nitrogen and oxygen atoms in total. The third-order valence-electron chi connectivity index (χ3n) is 1.57. The van der Waals surface area contributed by atoms with Gasteiger partial charge < -0.3 is 14.6 Å². The molecule has 1 atom stereocenters. The van der Waals surface area contributed by atoms with Crippen LogP contribution in [-0.2, 0) is 14.3 Å². The molecule has 1 aliphatic rings. The Kier molecular flexibility index (Phi) is 8.17. The summed E-state index contributed by atoms with van der Waals surface area (Å²) in [7, 11) is 0. The van der Waals surface area contributed by atoms with E-state index in [-0.39, 0.29) is 6.29 Å². The zero-order valence-corrected chi connectivity index (χ0v) is 8.57. The van der Waals surface area contributed by atoms with Crippen LogP contribution in [0.3, 0.4) is 0 Å². The van der Waals surface area contributed by atoms with E-state index in [0.29, 0.717) is 0 Å². The minimum Gasteiger partial charge on any atom is -0.478 e. The normalized spacial score (nSPS) is 19.6. The van der Waals surface area contributed by atoms with Gasteiger partial charge in [-0.15, -0.1) is 0 Å². The minimum absolute atomic E-state index is 0.116. The van der Waals surface area contributed by atoms with Gasteiger partial charge in [-0.2, -0.15) is 0 Å². The molecule has 0 aliphatic carbocycles. The Balaban J connectivity index is 0.000000292. The van der Waals surface area contributed by atoms with Gasteiger partial charge in [-0.25, -0.2) is 4.79 Å². The van der Waals surface area contributed by atoms with Crippen LogP contribution in [0.25, 0.3) is 0 Å². The molecule has 1 saturated heterocycles. The lowest BCUT2D eigenvalue weighted by atomic mass is 10.4. The third kappa shape index (κ3) is 7.76. The van der Waals surface area contributed by atoms with Gasteiger partial charge in [0.1, 0.15) is 0 Å². The first-order chi connectivity index (χ1) is 6.70. The molecule has 1 unspecified atom stereocenters. The number of carboxylic acid groups (broad SMARTS) is 1. The molecule has 1 fully saturated rings. The molecular formula is C10H18O4. The second kappa shape index (κ2) is 8.72. The number of carbonyl (C=O) groups is 1. The monoisotopic (exact) mass is 202 g/mol. The molecule has 0 aromatic heterocycles. The van der Waals surface area contributed by atoms with Crippen molar-refractivity contribution in [2.24, 2.45) is 0 Å². The molecule has 1 heterocycles. The Labute approximate surface area is 84.5 Å². The van der Waals surface area contributed by atoms with E-state index in [2.05, 4.69) is 13.5 Å². The molecule has 0 saturated carbocycles. The summed E-state index contributed by atoms with van der Waals surface area (Å²) in [5.41, 5.74) is 0. The van der Waals surface area contributed by atoms with E-state index < -0.39 is 5.97 Å². The zero-order valence-electron chi connectivity index (χ0n) is 8.57. The van der Waals surface area contributed by atoms with Crippen LogP contribution in [0.15, 0.2) is 12.7 Å². The molecular weight excluding hydrogens is 184 g/mol. The van der Waals surface area contributed by atoms with Crippen molar-refractivity contribution in [3.63, 3.8) is 0 Å². The Morgan fingerprint density at radius 1 is 1.79 bits per heavy atom. The SMILES string of the molecule is C=CC(=O)O.CCCOC1CCCO1. The number of hydrogen-bond acceptors (Lipinski definition) is 3. The maximum atomic E-state index is 9.25. The summed E-state index contributed by atoms with van der Waals surface area (Å²) < 4.78 is 10.6. The van der Waals surface area contributed by atoms with Crippen molar-refractivity contribution in [2.45, 2.75) is 32.5 Å². The number of aliphatic carboxylic acids is 1. The maximum absolute atomic E-state index is 9.25. The summed E-state index contributed by atoms with van der Waals surface area (Å²) >= 11 is 0. The Morgan fingerprint density at radius 2 is 2.43 bits per heavy atom. The van der Waals surface area contributed by atoms with Gasteiger partial charge in [-0.1, -0.05) is 13.5 Å². The summed E-state index contributed by atoms with van der Waals surface area (Å²) in [6.07, 6.45) is 4.28. The van der Waals surface area contributed by atoms with Crippen molar-refractivity contribution in [1.29, 1.82) is 0 Å². The second-order valence-electron chi connectivity index (χ2n) is 2.86. The van der Waals surface area contributed by atoms with Crippen LogP contribution in [0.5, 0.6) is 0 Å². The van der Waals surface area contributed by atoms with E-state index in [0.717, 1.165) is 38.6 Å². The van der Waals surface area contributed by atoms with Crippen LogP contribution in [-0.4, -0.2) is 30.6 Å². The van der Waals surface area contributed by atoms with Crippen LogP contribution in [0, 0.1) is 0 Å². The van der Waals surface area contributed by atoms with Crippen LogP contribution in [0.1, 0.15) is 26.2 Å². The first-order valence-corrected chi connectivity index (χ1v) is 4.79. The second-order valence-corrected chi connectivity index (χ2v) is 2.86. The standard InChI is InChI=1S/C7H14O2.C3H4O2/c1-2-5-8-7-4-3-6-9-7;1-2-3(4)5/h7H,2-6H2,1H3;2H,1H2,(H,4,5). The van der Waals surface area contributed by atoms with Crippen molar-refractivity contribution in [2.75, 3.05) is 13.2 Å². The molecule has 0 spiro atoms. The van der Waals surface area contributed by atoms with E-state index in [1.165, 1.54) is 0 Å². The molecule has 4 heteroatoms. The van der Waals surface area contributed by atoms with Crippen molar-refractivity contribution < 1.29 is 19.4 Å². The van der Waals surface area contributed by atoms with E-state index in [4.69, 9.17) is 14.6 Å². The summed E-state index contributed by atoms with van der Waals surface area (Å²) in [5, 5.41) is 7.60. The summed E-state index contributed by atoms with van der Waals surface area (Å²) in [4.78, 5) is 9.25. The fourth-order valence-electron chi connectivity index (χ4n) is 0.929. The smallest absolute Gasteiger partial charge is 0.327 e. The van der Waals surface area contributed by atoms with Crippen molar-refractivity contribution in [3.8, 4) is 0 Å². The lowest BCUT2D eigenvalue weighted by Gasteiger charge is -2.08. The van der Waals surface area contributed by atoms with Gasteiger partial charge in [-0.05, 0) is 12.8 Å². The predicted molar refractivity (Wildman–Crippen MR) is 53.0 cm³/mol. The predicted octanol–water partition coefficient (Wildman–Crippen LogP) is 1.81. The number of hydrogen-bond donors (Lipinski definition) is 1. The van der Waals surface area contributed by atoms with Gasteiger partial charge in [0.25, 0.3) is 0 Å². The highest BCUT2D eigenvalue weighted by atomic mass is 16.7. The van der Waals surface area contributed by atoms with Gasteiger partial charge in [0, 0.05) is 25.7 Å². The Hall–Kier alpha value is -0.870. The lowest BCUT2D eigenvalue weighted by Crippen LogP contribution is -2.10. The summed E-state index contributed by atoms with van der Waals surface area (Å²) in [6.45, 7) is 6.79. The Morgan fingerprint density at radius 3 is 2.79 bits per heavy atom. The number of carboxylic acids is 1. The fraction of sp³-hybridized carbons (Fsp3) is 0.700. The molecule has 1 rings (SSSR count). The van der Waals surface area contributed by atoms with Crippen molar-refractivity contribution in [3.05, 3.63) is 12.7 Å². The number of ether oxygens (including phenoxy) is 2. The highest BCUT2D eigenvalue weighted by Crippen LogP contribution is 2.12. The number of rotatable bonds is 4. The fourth-order valence-corrected chi connectivity index (χ4v) is 0.929. The average molecular weight is 202 g/mol. The first-order valence-electron chi connectivity index (χ1n) is 4.79. The average Bonchev–Trinajstić information content (AvgIpc) is 2.68. The van der Waals surface area contributed by atoms with E-state index in [1.807, 2.05) is 0 Å². The summed E-state index contributed by atoms with van der Waals surface area (Å²) in [6, 6.07) is 0. The van der Waals surface area contributed by atoms with E-state index in [1.54, 1.807) is 0 Å². The summed E-state index contributed by atoms with van der Waals surface area (Å²) in [5.74, 6) is -0.981. The molecule has 0 aromatic rings. The highest BCUT2D eigenvalue weighted by Gasteiger charge is 2.14. The third-order valence-corrected chi connectivity index (χ3v) is 1.57. The van der Waals surface area contributed by atoms with Gasteiger partial charge in [-0.3, -0.25) is 0 Å². The lowest BCUT2D eigenvalue weighted by molar-refractivity contribution is -0.131. The van der Waals surface area contributed by atoms with Crippen LogP contribution < -0.4 is 0 Å². The first kappa shape index (κ1) is 13.1. The molecule has 0 radical (unpaired) electrons. The molecule has 1 aliphatic heterocycles. The molecule has 82 valence electrons. The van der Waals surface area contributed by atoms with Crippen LogP contribution in [0.2, 0.25) is 0 Å². The quantitative estimate of drug-likeness (QED) is 0.706. The van der Waals surface area contributed by atoms with Crippen molar-refractivity contribution >= 4 is 5.97 Å². The largest absolute Gasteiger partial charge is 0.478 e. The zero-order chi connectivity index (χ0) is 10.8. The van der Waals surface area contributed by atoms with Gasteiger partial charge >= 0.3 is 5.97 Å². The Bertz CT molecular complexity index is 162. The molecule has 1 N–H and O–H groups in total. The molecule has 0 bridgehead atoms. The minimum atomic E-state index is -0.981. The maximum Gasteiger partial charge on any atom is 0.327 e.